The second-order valence-electron chi connectivity index (χ2n) is 3.99. The quantitative estimate of drug-likeness (QED) is 0.498. The maximum Gasteiger partial charge on any atom is 0.336 e. The van der Waals surface area contributed by atoms with Crippen LogP contribution in [0.4, 0.5) is 0 Å². The van der Waals surface area contributed by atoms with Crippen molar-refractivity contribution in [2.24, 2.45) is 5.41 Å². The van der Waals surface area contributed by atoms with Gasteiger partial charge in [0, 0.05) is 19.6 Å². The van der Waals surface area contributed by atoms with Crippen LogP contribution in [0.2, 0.25) is 5.54 Å². The van der Waals surface area contributed by atoms with E-state index in [-0.39, 0.29) is 16.9 Å². The van der Waals surface area contributed by atoms with Gasteiger partial charge in [-0.25, -0.2) is 0 Å². The first kappa shape index (κ1) is 12.6. The van der Waals surface area contributed by atoms with Gasteiger partial charge in [-0.05, 0) is 0 Å². The van der Waals surface area contributed by atoms with Crippen molar-refractivity contribution in [3.05, 3.63) is 0 Å². The molecule has 88 valence electrons. The Kier molecular flexibility index (Phi) is 4.27. The fourth-order valence-corrected chi connectivity index (χ4v) is 3.77. The highest BCUT2D eigenvalue weighted by Crippen LogP contribution is 2.42. The largest absolute Gasteiger partial charge is 0.469 e. The predicted octanol–water partition coefficient (Wildman–Crippen LogP) is 0.0794. The number of ether oxygens (including phenoxy) is 2. The zero-order valence-corrected chi connectivity index (χ0v) is 10.8. The van der Waals surface area contributed by atoms with Crippen molar-refractivity contribution in [2.45, 2.75) is 12.5 Å². The Bertz CT molecular complexity index is 225. The summed E-state index contributed by atoms with van der Waals surface area (Å²) in [6.45, 7) is 3.11. The first-order valence-corrected chi connectivity index (χ1v) is 6.41. The monoisotopic (exact) mass is 234 g/mol. The molecule has 0 spiro atoms. The van der Waals surface area contributed by atoms with Gasteiger partial charge in [0.05, 0.1) is 20.3 Å². The Morgan fingerprint density at radius 1 is 1.33 bits per heavy atom. The molecule has 0 aromatic rings. The van der Waals surface area contributed by atoms with E-state index in [1.54, 1.807) is 14.2 Å². The molecule has 0 aliphatic carbocycles. The summed E-state index contributed by atoms with van der Waals surface area (Å²) in [6.07, 6.45) is 0. The van der Waals surface area contributed by atoms with Crippen molar-refractivity contribution >= 4 is 15.3 Å². The van der Waals surface area contributed by atoms with Gasteiger partial charge in [0.25, 0.3) is 0 Å². The highest BCUT2D eigenvalue weighted by atomic mass is 28.3. The molecule has 1 unspecified atom stereocenters. The lowest BCUT2D eigenvalue weighted by molar-refractivity contribution is -0.158. The van der Waals surface area contributed by atoms with E-state index in [0.717, 1.165) is 0 Å². The topological polar surface area (TPSA) is 54.0 Å². The number of hydrogen-bond donors (Lipinski definition) is 0. The minimum atomic E-state index is -2.03. The molecule has 1 heterocycles. The molecule has 1 atom stereocenters. The van der Waals surface area contributed by atoms with Crippen LogP contribution in [0.5, 0.6) is 0 Å². The molecule has 0 amide bonds. The van der Waals surface area contributed by atoms with Crippen LogP contribution in [0.1, 0.15) is 6.92 Å². The summed E-state index contributed by atoms with van der Waals surface area (Å²) in [5.74, 6) is -0.263. The normalized spacial score (nSPS) is 20.9. The smallest absolute Gasteiger partial charge is 0.336 e. The van der Waals surface area contributed by atoms with Gasteiger partial charge in [0.15, 0.2) is 0 Å². The first-order chi connectivity index (χ1) is 7.09. The lowest BCUT2D eigenvalue weighted by Gasteiger charge is -2.44. The van der Waals surface area contributed by atoms with Crippen LogP contribution in [0, 0.1) is 5.41 Å². The van der Waals surface area contributed by atoms with Gasteiger partial charge in [0.1, 0.15) is 5.54 Å². The zero-order chi connectivity index (χ0) is 11.5. The summed E-state index contributed by atoms with van der Waals surface area (Å²) < 4.78 is 20.5. The third-order valence-electron chi connectivity index (χ3n) is 2.81. The van der Waals surface area contributed by atoms with Crippen molar-refractivity contribution in [3.63, 3.8) is 0 Å². The lowest BCUT2D eigenvalue weighted by Crippen LogP contribution is -2.52. The maximum atomic E-state index is 11.7. The molecule has 0 aromatic heterocycles. The molecule has 0 radical (unpaired) electrons. The van der Waals surface area contributed by atoms with Gasteiger partial charge >= 0.3 is 15.3 Å². The molecule has 1 fully saturated rings. The highest BCUT2D eigenvalue weighted by Gasteiger charge is 2.51. The molecule has 1 aliphatic rings. The van der Waals surface area contributed by atoms with Crippen LogP contribution in [0.15, 0.2) is 0 Å². The van der Waals surface area contributed by atoms with Gasteiger partial charge in [-0.1, -0.05) is 6.92 Å². The molecule has 15 heavy (non-hydrogen) atoms. The summed E-state index contributed by atoms with van der Waals surface area (Å²) in [5.41, 5.74) is -0.512. The van der Waals surface area contributed by atoms with Gasteiger partial charge in [-0.3, -0.25) is 4.79 Å². The van der Waals surface area contributed by atoms with E-state index in [2.05, 4.69) is 0 Å². The van der Waals surface area contributed by atoms with Crippen molar-refractivity contribution in [1.82, 2.24) is 0 Å². The fourth-order valence-electron chi connectivity index (χ4n) is 1.82. The molecular formula is C9H18O5Si. The second-order valence-corrected chi connectivity index (χ2v) is 6.33. The summed E-state index contributed by atoms with van der Waals surface area (Å²) >= 11 is 0. The Morgan fingerprint density at radius 2 is 1.87 bits per heavy atom. The summed E-state index contributed by atoms with van der Waals surface area (Å²) in [5, 5.41) is 0. The van der Waals surface area contributed by atoms with Crippen LogP contribution < -0.4 is 0 Å². The molecular weight excluding hydrogens is 216 g/mol. The molecule has 1 aliphatic heterocycles. The maximum absolute atomic E-state index is 11.7. The Balaban J connectivity index is 2.81. The van der Waals surface area contributed by atoms with E-state index in [1.807, 2.05) is 6.92 Å². The molecule has 1 saturated heterocycles. The Morgan fingerprint density at radius 3 is 2.13 bits per heavy atom. The van der Waals surface area contributed by atoms with Gasteiger partial charge in [-0.2, -0.15) is 0 Å². The van der Waals surface area contributed by atoms with Crippen LogP contribution in [-0.4, -0.2) is 49.8 Å². The van der Waals surface area contributed by atoms with E-state index in [9.17, 15) is 4.79 Å². The minimum absolute atomic E-state index is 0.198. The first-order valence-electron chi connectivity index (χ1n) is 4.80. The van der Waals surface area contributed by atoms with Crippen molar-refractivity contribution < 1.29 is 23.1 Å². The number of hydrogen-bond acceptors (Lipinski definition) is 5. The lowest BCUT2D eigenvalue weighted by atomic mass is 9.84. The summed E-state index contributed by atoms with van der Waals surface area (Å²) in [7, 11) is 2.49. The molecule has 0 saturated carbocycles. The molecule has 1 rings (SSSR count). The van der Waals surface area contributed by atoms with Crippen molar-refractivity contribution in [3.8, 4) is 0 Å². The predicted molar refractivity (Wildman–Crippen MR) is 55.9 cm³/mol. The van der Waals surface area contributed by atoms with E-state index in [4.69, 9.17) is 18.3 Å². The van der Waals surface area contributed by atoms with Crippen LogP contribution in [0.25, 0.3) is 0 Å². The molecule has 0 N–H and O–H groups in total. The average molecular weight is 234 g/mol. The molecule has 6 heteroatoms. The van der Waals surface area contributed by atoms with Crippen LogP contribution in [0.3, 0.4) is 0 Å². The third kappa shape index (κ3) is 2.39. The summed E-state index contributed by atoms with van der Waals surface area (Å²) in [4.78, 5) is 11.7. The number of rotatable bonds is 5. The molecule has 5 nitrogen and oxygen atoms in total. The molecule has 0 bridgehead atoms. The third-order valence-corrected chi connectivity index (χ3v) is 5.36. The second kappa shape index (κ2) is 5.07. The van der Waals surface area contributed by atoms with E-state index in [0.29, 0.717) is 13.2 Å². The standard InChI is InChI=1S/C9H18O5Si/c1-9(5-14-6-9)7(8(10)11-2)15(12-3)13-4/h7,15H,5-6H2,1-4H3. The van der Waals surface area contributed by atoms with Gasteiger partial charge in [0.2, 0.25) is 0 Å². The number of methoxy groups -OCH3 is 1. The highest BCUT2D eigenvalue weighted by molar-refractivity contribution is 6.51. The van der Waals surface area contributed by atoms with E-state index < -0.39 is 9.28 Å². The van der Waals surface area contributed by atoms with Gasteiger partial charge in [-0.15, -0.1) is 0 Å². The number of carbonyl (C=O) groups excluding carboxylic acids is 1. The zero-order valence-electron chi connectivity index (χ0n) is 9.61. The SMILES string of the molecule is COC(=O)C([SiH](OC)OC)C1(C)COC1. The van der Waals surface area contributed by atoms with E-state index in [1.165, 1.54) is 7.11 Å². The van der Waals surface area contributed by atoms with E-state index >= 15 is 0 Å². The molecule has 0 aromatic carbocycles. The minimum Gasteiger partial charge on any atom is -0.469 e. The number of carbonyl (C=O) groups is 1. The Hall–Kier alpha value is -0.433. The van der Waals surface area contributed by atoms with Gasteiger partial charge < -0.3 is 18.3 Å². The van der Waals surface area contributed by atoms with Crippen molar-refractivity contribution in [1.29, 1.82) is 0 Å². The summed E-state index contributed by atoms with van der Waals surface area (Å²) in [6, 6.07) is 0. The Labute approximate surface area is 91.5 Å². The van der Waals surface area contributed by atoms with Crippen molar-refractivity contribution in [2.75, 3.05) is 34.5 Å². The average Bonchev–Trinajstić information content (AvgIpc) is 2.21. The number of esters is 1. The van der Waals surface area contributed by atoms with Crippen LogP contribution in [-0.2, 0) is 23.1 Å². The fraction of sp³-hybridized carbons (Fsp3) is 0.889. The van der Waals surface area contributed by atoms with Crippen LogP contribution >= 0.6 is 0 Å².